The second kappa shape index (κ2) is 6.75. The SMILES string of the molecule is CC(C)(C)SCC(Cc1ccc(F)cc1Cl)NN. The minimum absolute atomic E-state index is 0.122. The molecule has 5 heteroatoms. The number of nitrogens with two attached hydrogens (primary N) is 1. The van der Waals surface area contributed by atoms with E-state index in [4.69, 9.17) is 17.4 Å². The van der Waals surface area contributed by atoms with Crippen molar-refractivity contribution < 1.29 is 4.39 Å². The van der Waals surface area contributed by atoms with Gasteiger partial charge in [0, 0.05) is 21.6 Å². The highest BCUT2D eigenvalue weighted by atomic mass is 35.5. The molecule has 1 aromatic carbocycles. The van der Waals surface area contributed by atoms with E-state index in [9.17, 15) is 4.39 Å². The van der Waals surface area contributed by atoms with Gasteiger partial charge in [-0.25, -0.2) is 4.39 Å². The van der Waals surface area contributed by atoms with Gasteiger partial charge in [-0.1, -0.05) is 38.4 Å². The predicted molar refractivity (Wildman–Crippen MR) is 78.4 cm³/mol. The highest BCUT2D eigenvalue weighted by Crippen LogP contribution is 2.25. The highest BCUT2D eigenvalue weighted by Gasteiger charge is 2.16. The van der Waals surface area contributed by atoms with Crippen molar-refractivity contribution >= 4 is 23.4 Å². The molecular formula is C13H20ClFN2S. The number of benzene rings is 1. The summed E-state index contributed by atoms with van der Waals surface area (Å²) in [7, 11) is 0. The second-order valence-electron chi connectivity index (χ2n) is 5.23. The van der Waals surface area contributed by atoms with Crippen LogP contribution in [-0.2, 0) is 6.42 Å². The normalized spacial score (nSPS) is 13.7. The standard InChI is InChI=1S/C13H20ClFN2S/c1-13(2,3)18-8-11(17-16)6-9-4-5-10(15)7-12(9)14/h4-5,7,11,17H,6,8,16H2,1-3H3. The molecule has 102 valence electrons. The number of hydrazine groups is 1. The molecule has 0 amide bonds. The van der Waals surface area contributed by atoms with Gasteiger partial charge in [0.15, 0.2) is 0 Å². The first-order valence-electron chi connectivity index (χ1n) is 5.86. The predicted octanol–water partition coefficient (Wildman–Crippen LogP) is 3.39. The van der Waals surface area contributed by atoms with Crippen LogP contribution in [0.4, 0.5) is 4.39 Å². The van der Waals surface area contributed by atoms with Crippen molar-refractivity contribution in [1.29, 1.82) is 0 Å². The fourth-order valence-corrected chi connectivity index (χ4v) is 2.63. The molecule has 1 unspecified atom stereocenters. The maximum absolute atomic E-state index is 12.9. The van der Waals surface area contributed by atoms with E-state index >= 15 is 0 Å². The van der Waals surface area contributed by atoms with Gasteiger partial charge >= 0.3 is 0 Å². The molecule has 0 saturated heterocycles. The minimum Gasteiger partial charge on any atom is -0.271 e. The quantitative estimate of drug-likeness (QED) is 0.645. The zero-order chi connectivity index (χ0) is 13.8. The lowest BCUT2D eigenvalue weighted by atomic mass is 10.1. The summed E-state index contributed by atoms with van der Waals surface area (Å²) in [6, 6.07) is 4.59. The smallest absolute Gasteiger partial charge is 0.124 e. The number of hydrogen-bond donors (Lipinski definition) is 2. The number of thioether (sulfide) groups is 1. The van der Waals surface area contributed by atoms with Gasteiger partial charge in [0.25, 0.3) is 0 Å². The number of rotatable bonds is 5. The summed E-state index contributed by atoms with van der Waals surface area (Å²) in [4.78, 5) is 0. The summed E-state index contributed by atoms with van der Waals surface area (Å²) in [6.07, 6.45) is 0.693. The monoisotopic (exact) mass is 290 g/mol. The second-order valence-corrected chi connectivity index (χ2v) is 7.48. The molecule has 0 aliphatic heterocycles. The summed E-state index contributed by atoms with van der Waals surface area (Å²) >= 11 is 7.84. The fraction of sp³-hybridized carbons (Fsp3) is 0.538. The largest absolute Gasteiger partial charge is 0.271 e. The van der Waals surface area contributed by atoms with Crippen molar-refractivity contribution in [2.75, 3.05) is 5.75 Å². The van der Waals surface area contributed by atoms with Crippen molar-refractivity contribution in [3.05, 3.63) is 34.6 Å². The molecule has 18 heavy (non-hydrogen) atoms. The van der Waals surface area contributed by atoms with E-state index < -0.39 is 0 Å². The van der Waals surface area contributed by atoms with Gasteiger partial charge < -0.3 is 0 Å². The van der Waals surface area contributed by atoms with Gasteiger partial charge in [-0.2, -0.15) is 11.8 Å². The third-order valence-corrected chi connectivity index (χ3v) is 4.22. The molecule has 3 N–H and O–H groups in total. The molecular weight excluding hydrogens is 271 g/mol. The molecule has 0 aliphatic rings. The molecule has 0 spiro atoms. The Kier molecular flexibility index (Phi) is 5.92. The van der Waals surface area contributed by atoms with E-state index in [1.807, 2.05) is 11.8 Å². The Morgan fingerprint density at radius 1 is 1.44 bits per heavy atom. The maximum atomic E-state index is 12.9. The topological polar surface area (TPSA) is 38.0 Å². The lowest BCUT2D eigenvalue weighted by molar-refractivity contribution is 0.571. The van der Waals surface area contributed by atoms with Crippen LogP contribution < -0.4 is 11.3 Å². The molecule has 0 fully saturated rings. The first-order chi connectivity index (χ1) is 8.31. The summed E-state index contributed by atoms with van der Waals surface area (Å²) < 4.78 is 13.1. The maximum Gasteiger partial charge on any atom is 0.124 e. The van der Waals surface area contributed by atoms with Crippen molar-refractivity contribution in [2.24, 2.45) is 5.84 Å². The van der Waals surface area contributed by atoms with Gasteiger partial charge in [0.1, 0.15) is 5.82 Å². The molecule has 0 radical (unpaired) electrons. The fourth-order valence-electron chi connectivity index (χ4n) is 1.47. The molecule has 0 heterocycles. The van der Waals surface area contributed by atoms with E-state index in [1.165, 1.54) is 12.1 Å². The van der Waals surface area contributed by atoms with Gasteiger partial charge in [-0.05, 0) is 24.1 Å². The van der Waals surface area contributed by atoms with Crippen molar-refractivity contribution in [1.82, 2.24) is 5.43 Å². The van der Waals surface area contributed by atoms with Crippen molar-refractivity contribution in [3.8, 4) is 0 Å². The van der Waals surface area contributed by atoms with Crippen LogP contribution in [0.5, 0.6) is 0 Å². The average Bonchev–Trinajstić information content (AvgIpc) is 2.25. The van der Waals surface area contributed by atoms with Gasteiger partial charge in [0.05, 0.1) is 0 Å². The minimum atomic E-state index is -0.315. The van der Waals surface area contributed by atoms with Gasteiger partial charge in [-0.15, -0.1) is 0 Å². The Morgan fingerprint density at radius 3 is 2.61 bits per heavy atom. The van der Waals surface area contributed by atoms with Crippen LogP contribution in [0.25, 0.3) is 0 Å². The number of hydrogen-bond acceptors (Lipinski definition) is 3. The molecule has 0 aromatic heterocycles. The highest BCUT2D eigenvalue weighted by molar-refractivity contribution is 8.00. The molecule has 0 bridgehead atoms. The Balaban J connectivity index is 2.62. The first-order valence-corrected chi connectivity index (χ1v) is 7.22. The van der Waals surface area contributed by atoms with Crippen LogP contribution in [0.3, 0.4) is 0 Å². The summed E-state index contributed by atoms with van der Waals surface area (Å²) in [5.41, 5.74) is 3.70. The van der Waals surface area contributed by atoms with Crippen molar-refractivity contribution in [3.63, 3.8) is 0 Å². The van der Waals surface area contributed by atoms with Gasteiger partial charge in [0.2, 0.25) is 0 Å². The van der Waals surface area contributed by atoms with Crippen LogP contribution in [0, 0.1) is 5.82 Å². The lowest BCUT2D eigenvalue weighted by Crippen LogP contribution is -2.39. The van der Waals surface area contributed by atoms with E-state index in [-0.39, 0.29) is 16.6 Å². The number of halogens is 2. The van der Waals surface area contributed by atoms with Crippen molar-refractivity contribution in [2.45, 2.75) is 38.0 Å². The van der Waals surface area contributed by atoms with Crippen LogP contribution >= 0.6 is 23.4 Å². The molecule has 1 atom stereocenters. The first kappa shape index (κ1) is 15.8. The number of nitrogens with one attached hydrogen (secondary N) is 1. The zero-order valence-electron chi connectivity index (χ0n) is 11.0. The Labute approximate surface area is 117 Å². The third-order valence-electron chi connectivity index (χ3n) is 2.43. The zero-order valence-corrected chi connectivity index (χ0v) is 12.5. The summed E-state index contributed by atoms with van der Waals surface area (Å²) in [5.74, 6) is 6.12. The van der Waals surface area contributed by atoms with Crippen LogP contribution in [-0.4, -0.2) is 16.5 Å². The van der Waals surface area contributed by atoms with Crippen LogP contribution in [0.2, 0.25) is 5.02 Å². The molecule has 0 saturated carbocycles. The van der Waals surface area contributed by atoms with E-state index in [0.29, 0.717) is 11.4 Å². The van der Waals surface area contributed by atoms with E-state index in [2.05, 4.69) is 26.2 Å². The third kappa shape index (κ3) is 5.57. The summed E-state index contributed by atoms with van der Waals surface area (Å²) in [5, 5.41) is 0.455. The van der Waals surface area contributed by atoms with Gasteiger partial charge in [-0.3, -0.25) is 11.3 Å². The average molecular weight is 291 g/mol. The Bertz CT molecular complexity index is 393. The Hall–Kier alpha value is -0.290. The van der Waals surface area contributed by atoms with E-state index in [1.54, 1.807) is 6.07 Å². The molecule has 1 rings (SSSR count). The lowest BCUT2D eigenvalue weighted by Gasteiger charge is -2.22. The van der Waals surface area contributed by atoms with Crippen LogP contribution in [0.15, 0.2) is 18.2 Å². The molecule has 1 aromatic rings. The molecule has 2 nitrogen and oxygen atoms in total. The van der Waals surface area contributed by atoms with E-state index in [0.717, 1.165) is 11.3 Å². The Morgan fingerprint density at radius 2 is 2.11 bits per heavy atom. The molecule has 0 aliphatic carbocycles. The van der Waals surface area contributed by atoms with Crippen LogP contribution in [0.1, 0.15) is 26.3 Å². The summed E-state index contributed by atoms with van der Waals surface area (Å²) in [6.45, 7) is 6.49.